The minimum atomic E-state index is -3.84. The van der Waals surface area contributed by atoms with Gasteiger partial charge in [-0.25, -0.2) is 17.9 Å². The molecular weight excluding hydrogens is 456 g/mol. The average molecular weight is 475 g/mol. The summed E-state index contributed by atoms with van der Waals surface area (Å²) in [6, 6.07) is 9.47. The molecule has 0 bridgehead atoms. The molecule has 0 spiro atoms. The lowest BCUT2D eigenvalue weighted by molar-refractivity contribution is -0.156. The first kappa shape index (κ1) is 23.8. The monoisotopic (exact) mass is 474 g/mol. The second-order valence-corrected chi connectivity index (χ2v) is 9.81. The zero-order valence-electron chi connectivity index (χ0n) is 15.6. The number of halogens is 1. The standard InChI is InChI=1S/C18H19ClN2O7S2/c19-13-4-1-3-12(9-13)10-21(17(24)18(25)26)11-14-6-7-16(29-14)30(27,28)20-8-2-5-15(22)23/h1,3-4,6-7,9,20H,2,5,8,10-11H2,(H,22,23)(H,25,26). The zero-order chi connectivity index (χ0) is 22.3. The Morgan fingerprint density at radius 3 is 2.47 bits per heavy atom. The smallest absolute Gasteiger partial charge is 0.394 e. The van der Waals surface area contributed by atoms with Crippen LogP contribution in [0.25, 0.3) is 0 Å². The van der Waals surface area contributed by atoms with Crippen LogP contribution < -0.4 is 4.72 Å². The van der Waals surface area contributed by atoms with Crippen molar-refractivity contribution in [2.45, 2.75) is 30.1 Å². The van der Waals surface area contributed by atoms with Gasteiger partial charge in [0, 0.05) is 29.4 Å². The van der Waals surface area contributed by atoms with E-state index in [0.29, 0.717) is 15.5 Å². The van der Waals surface area contributed by atoms with E-state index < -0.39 is 27.9 Å². The highest BCUT2D eigenvalue weighted by Gasteiger charge is 2.23. The number of sulfonamides is 1. The Kier molecular flexibility index (Phi) is 8.35. The van der Waals surface area contributed by atoms with E-state index >= 15 is 0 Å². The summed E-state index contributed by atoms with van der Waals surface area (Å²) in [6.45, 7) is -0.143. The van der Waals surface area contributed by atoms with Crippen molar-refractivity contribution in [3.05, 3.63) is 51.9 Å². The number of carboxylic acid groups (broad SMARTS) is 2. The van der Waals surface area contributed by atoms with Crippen LogP contribution in [0.3, 0.4) is 0 Å². The third kappa shape index (κ3) is 7.10. The molecule has 0 aliphatic rings. The van der Waals surface area contributed by atoms with E-state index in [0.717, 1.165) is 16.2 Å². The van der Waals surface area contributed by atoms with Crippen LogP contribution in [0.5, 0.6) is 0 Å². The largest absolute Gasteiger partial charge is 0.481 e. The van der Waals surface area contributed by atoms with Crippen LogP contribution in [-0.2, 0) is 37.5 Å². The molecule has 0 aliphatic carbocycles. The number of nitrogens with zero attached hydrogens (tertiary/aromatic N) is 1. The number of carboxylic acids is 2. The summed E-state index contributed by atoms with van der Waals surface area (Å²) in [5.74, 6) is -3.77. The lowest BCUT2D eigenvalue weighted by atomic mass is 10.2. The first-order valence-electron chi connectivity index (χ1n) is 8.65. The van der Waals surface area contributed by atoms with E-state index in [1.54, 1.807) is 24.3 Å². The molecule has 0 saturated carbocycles. The summed E-state index contributed by atoms with van der Waals surface area (Å²) >= 11 is 6.83. The van der Waals surface area contributed by atoms with Crippen LogP contribution in [0.15, 0.2) is 40.6 Å². The molecule has 30 heavy (non-hydrogen) atoms. The summed E-state index contributed by atoms with van der Waals surface area (Å²) in [4.78, 5) is 35.3. The normalized spacial score (nSPS) is 11.2. The van der Waals surface area contributed by atoms with E-state index in [1.165, 1.54) is 12.1 Å². The molecule has 0 radical (unpaired) electrons. The van der Waals surface area contributed by atoms with Gasteiger partial charge in [0.1, 0.15) is 4.21 Å². The quantitative estimate of drug-likeness (QED) is 0.354. The van der Waals surface area contributed by atoms with E-state index in [4.69, 9.17) is 21.8 Å². The Bertz CT molecular complexity index is 1040. The van der Waals surface area contributed by atoms with Crippen molar-refractivity contribution in [1.82, 2.24) is 9.62 Å². The predicted molar refractivity (Wildman–Crippen MR) is 110 cm³/mol. The molecule has 0 saturated heterocycles. The van der Waals surface area contributed by atoms with Crippen molar-refractivity contribution < 1.29 is 33.0 Å². The number of carbonyl (C=O) groups excluding carboxylic acids is 1. The van der Waals surface area contributed by atoms with Crippen molar-refractivity contribution >= 4 is 50.8 Å². The summed E-state index contributed by atoms with van der Waals surface area (Å²) in [5, 5.41) is 18.1. The van der Waals surface area contributed by atoms with Gasteiger partial charge < -0.3 is 15.1 Å². The van der Waals surface area contributed by atoms with Gasteiger partial charge in [0.05, 0.1) is 6.54 Å². The Morgan fingerprint density at radius 2 is 1.83 bits per heavy atom. The van der Waals surface area contributed by atoms with Crippen LogP contribution in [0.1, 0.15) is 23.3 Å². The number of nitrogens with one attached hydrogen (secondary N) is 1. The second-order valence-electron chi connectivity index (χ2n) is 6.21. The van der Waals surface area contributed by atoms with Gasteiger partial charge in [-0.15, -0.1) is 11.3 Å². The van der Waals surface area contributed by atoms with Crippen LogP contribution in [-0.4, -0.2) is 47.9 Å². The molecule has 0 unspecified atom stereocenters. The molecule has 0 aliphatic heterocycles. The number of carbonyl (C=O) groups is 3. The third-order valence-electron chi connectivity index (χ3n) is 3.84. The minimum absolute atomic E-state index is 0.0148. The van der Waals surface area contributed by atoms with Gasteiger partial charge in [-0.1, -0.05) is 23.7 Å². The van der Waals surface area contributed by atoms with Crippen LogP contribution >= 0.6 is 22.9 Å². The van der Waals surface area contributed by atoms with Crippen LogP contribution in [0.2, 0.25) is 5.02 Å². The molecule has 0 atom stereocenters. The van der Waals surface area contributed by atoms with Crippen molar-refractivity contribution in [1.29, 1.82) is 0 Å². The summed E-state index contributed by atoms with van der Waals surface area (Å²) in [7, 11) is -3.84. The Balaban J connectivity index is 2.11. The van der Waals surface area contributed by atoms with Crippen molar-refractivity contribution in [2.24, 2.45) is 0 Å². The van der Waals surface area contributed by atoms with Crippen LogP contribution in [0.4, 0.5) is 0 Å². The third-order valence-corrected chi connectivity index (χ3v) is 7.10. The molecule has 1 heterocycles. The van der Waals surface area contributed by atoms with Gasteiger partial charge >= 0.3 is 17.8 Å². The highest BCUT2D eigenvalue weighted by molar-refractivity contribution is 7.91. The maximum Gasteiger partial charge on any atom is 0.394 e. The van der Waals surface area contributed by atoms with E-state index in [-0.39, 0.29) is 36.7 Å². The van der Waals surface area contributed by atoms with E-state index in [2.05, 4.69) is 4.72 Å². The number of rotatable bonds is 10. The topological polar surface area (TPSA) is 141 Å². The van der Waals surface area contributed by atoms with Crippen molar-refractivity contribution in [2.75, 3.05) is 6.54 Å². The fraction of sp³-hybridized carbons (Fsp3) is 0.278. The number of aliphatic carboxylic acids is 2. The molecule has 9 nitrogen and oxygen atoms in total. The molecule has 2 aromatic rings. The molecule has 1 amide bonds. The fourth-order valence-electron chi connectivity index (χ4n) is 2.48. The fourth-order valence-corrected chi connectivity index (χ4v) is 5.19. The Morgan fingerprint density at radius 1 is 1.10 bits per heavy atom. The predicted octanol–water partition coefficient (Wildman–Crippen LogP) is 2.16. The first-order chi connectivity index (χ1) is 14.1. The SMILES string of the molecule is O=C(O)CCCNS(=O)(=O)c1ccc(CN(Cc2cccc(Cl)c2)C(=O)C(=O)O)s1. The molecule has 0 fully saturated rings. The van der Waals surface area contributed by atoms with Gasteiger partial charge in [0.25, 0.3) is 0 Å². The molecule has 12 heteroatoms. The summed E-state index contributed by atoms with van der Waals surface area (Å²) in [6.07, 6.45) is -0.0126. The molecule has 2 rings (SSSR count). The number of benzene rings is 1. The zero-order valence-corrected chi connectivity index (χ0v) is 18.0. The van der Waals surface area contributed by atoms with Gasteiger partial charge in [-0.05, 0) is 36.2 Å². The molecule has 3 N–H and O–H groups in total. The maximum atomic E-state index is 12.3. The summed E-state index contributed by atoms with van der Waals surface area (Å²) in [5.41, 5.74) is 0.626. The van der Waals surface area contributed by atoms with Gasteiger partial charge in [0.2, 0.25) is 10.0 Å². The van der Waals surface area contributed by atoms with E-state index in [9.17, 15) is 22.8 Å². The Hall–Kier alpha value is -2.47. The highest BCUT2D eigenvalue weighted by Crippen LogP contribution is 2.24. The summed E-state index contributed by atoms with van der Waals surface area (Å²) < 4.78 is 26.9. The lowest BCUT2D eigenvalue weighted by Crippen LogP contribution is -2.35. The molecular formula is C18H19ClN2O7S2. The van der Waals surface area contributed by atoms with Crippen LogP contribution in [0, 0.1) is 0 Å². The molecule has 1 aromatic carbocycles. The first-order valence-corrected chi connectivity index (χ1v) is 11.3. The van der Waals surface area contributed by atoms with Gasteiger partial charge in [-0.3, -0.25) is 9.59 Å². The van der Waals surface area contributed by atoms with Gasteiger partial charge in [-0.2, -0.15) is 0 Å². The highest BCUT2D eigenvalue weighted by atomic mass is 35.5. The number of hydrogen-bond acceptors (Lipinski definition) is 6. The van der Waals surface area contributed by atoms with Crippen molar-refractivity contribution in [3.63, 3.8) is 0 Å². The van der Waals surface area contributed by atoms with E-state index in [1.807, 2.05) is 0 Å². The lowest BCUT2D eigenvalue weighted by Gasteiger charge is -2.20. The molecule has 1 aromatic heterocycles. The number of hydrogen-bond donors (Lipinski definition) is 3. The number of thiophene rings is 1. The average Bonchev–Trinajstić information content (AvgIpc) is 3.13. The number of amides is 1. The van der Waals surface area contributed by atoms with Crippen molar-refractivity contribution in [3.8, 4) is 0 Å². The second kappa shape index (κ2) is 10.5. The molecule has 162 valence electrons. The maximum absolute atomic E-state index is 12.3. The Labute approximate surface area is 181 Å². The van der Waals surface area contributed by atoms with Gasteiger partial charge in [0.15, 0.2) is 0 Å². The minimum Gasteiger partial charge on any atom is -0.481 e.